The lowest BCUT2D eigenvalue weighted by Gasteiger charge is -2.27. The Labute approximate surface area is 178 Å². The number of pyridine rings is 1. The van der Waals surface area contributed by atoms with E-state index in [9.17, 15) is 13.2 Å². The molecule has 1 aromatic carbocycles. The molecule has 10 heteroatoms. The fraction of sp³-hybridized carbons (Fsp3) is 0.368. The molecule has 1 saturated heterocycles. The van der Waals surface area contributed by atoms with Gasteiger partial charge in [0.15, 0.2) is 0 Å². The molecule has 29 heavy (non-hydrogen) atoms. The number of benzene rings is 1. The Morgan fingerprint density at radius 2 is 1.86 bits per heavy atom. The summed E-state index contributed by atoms with van der Waals surface area (Å²) in [5.41, 5.74) is 0.880. The van der Waals surface area contributed by atoms with Crippen molar-refractivity contribution < 1.29 is 17.9 Å². The zero-order valence-corrected chi connectivity index (χ0v) is 18.2. The summed E-state index contributed by atoms with van der Waals surface area (Å²) in [4.78, 5) is 18.8. The van der Waals surface area contributed by atoms with Gasteiger partial charge in [-0.25, -0.2) is 18.1 Å². The Bertz CT molecular complexity index is 914. The molecule has 156 valence electrons. The van der Waals surface area contributed by atoms with Crippen molar-refractivity contribution in [2.75, 3.05) is 37.7 Å². The summed E-state index contributed by atoms with van der Waals surface area (Å²) in [5.74, 6) is 0.659. The third-order valence-corrected chi connectivity index (χ3v) is 6.41. The van der Waals surface area contributed by atoms with E-state index in [0.29, 0.717) is 19.8 Å². The highest BCUT2D eigenvalue weighted by Gasteiger charge is 2.14. The number of sulfonamides is 1. The van der Waals surface area contributed by atoms with E-state index in [1.54, 1.807) is 18.3 Å². The predicted molar refractivity (Wildman–Crippen MR) is 113 cm³/mol. The molecule has 1 aliphatic rings. The van der Waals surface area contributed by atoms with Crippen molar-refractivity contribution in [2.24, 2.45) is 0 Å². The lowest BCUT2D eigenvalue weighted by molar-refractivity contribution is -0.121. The fourth-order valence-electron chi connectivity index (χ4n) is 2.79. The number of carbonyl (C=O) groups excluding carboxylic acids is 1. The fourth-order valence-corrected chi connectivity index (χ4v) is 4.08. The number of anilines is 1. The van der Waals surface area contributed by atoms with Gasteiger partial charge in [0.2, 0.25) is 15.9 Å². The minimum Gasteiger partial charge on any atom is -0.378 e. The highest BCUT2D eigenvalue weighted by Crippen LogP contribution is 2.15. The van der Waals surface area contributed by atoms with Crippen molar-refractivity contribution in [2.45, 2.75) is 17.9 Å². The van der Waals surface area contributed by atoms with Crippen LogP contribution in [0.25, 0.3) is 0 Å². The number of hydrogen-bond donors (Lipinski definition) is 2. The molecule has 0 bridgehead atoms. The standard InChI is InChI=1S/C19H23BrN4O4S/c20-16-2-4-17(5-3-16)29(26,27)23-8-7-19(25)22-14-15-1-6-18(21-13-15)24-9-11-28-12-10-24/h1-6,13,23H,7-12,14H2,(H,22,25). The molecular formula is C19H23BrN4O4S. The second kappa shape index (κ2) is 10.1. The van der Waals surface area contributed by atoms with Crippen LogP contribution < -0.4 is 14.9 Å². The first-order chi connectivity index (χ1) is 13.9. The van der Waals surface area contributed by atoms with E-state index in [4.69, 9.17) is 4.74 Å². The van der Waals surface area contributed by atoms with Crippen molar-refractivity contribution in [1.29, 1.82) is 0 Å². The summed E-state index contributed by atoms with van der Waals surface area (Å²) in [7, 11) is -3.63. The van der Waals surface area contributed by atoms with Crippen LogP contribution in [0.4, 0.5) is 5.82 Å². The van der Waals surface area contributed by atoms with Gasteiger partial charge >= 0.3 is 0 Å². The zero-order chi connectivity index (χ0) is 20.7. The van der Waals surface area contributed by atoms with E-state index in [0.717, 1.165) is 28.9 Å². The maximum absolute atomic E-state index is 12.2. The van der Waals surface area contributed by atoms with E-state index >= 15 is 0 Å². The van der Waals surface area contributed by atoms with Gasteiger partial charge in [0.05, 0.1) is 18.1 Å². The summed E-state index contributed by atoms with van der Waals surface area (Å²) >= 11 is 3.26. The minimum atomic E-state index is -3.63. The van der Waals surface area contributed by atoms with E-state index < -0.39 is 10.0 Å². The zero-order valence-electron chi connectivity index (χ0n) is 15.8. The molecule has 0 unspecified atom stereocenters. The summed E-state index contributed by atoms with van der Waals surface area (Å²) in [6, 6.07) is 10.2. The predicted octanol–water partition coefficient (Wildman–Crippen LogP) is 1.67. The van der Waals surface area contributed by atoms with E-state index in [2.05, 4.69) is 35.9 Å². The van der Waals surface area contributed by atoms with E-state index in [1.807, 2.05) is 12.1 Å². The highest BCUT2D eigenvalue weighted by molar-refractivity contribution is 9.10. The molecule has 2 aromatic rings. The molecule has 1 fully saturated rings. The molecule has 1 aliphatic heterocycles. The van der Waals surface area contributed by atoms with Crippen LogP contribution in [0, 0.1) is 0 Å². The molecule has 8 nitrogen and oxygen atoms in total. The van der Waals surface area contributed by atoms with Gasteiger partial charge in [-0.15, -0.1) is 0 Å². The molecule has 0 radical (unpaired) electrons. The molecule has 0 spiro atoms. The summed E-state index contributed by atoms with van der Waals surface area (Å²) < 4.78 is 32.9. The van der Waals surface area contributed by atoms with E-state index in [1.165, 1.54) is 12.1 Å². The van der Waals surface area contributed by atoms with Crippen LogP contribution in [-0.4, -0.2) is 52.2 Å². The largest absolute Gasteiger partial charge is 0.378 e. The lowest BCUT2D eigenvalue weighted by atomic mass is 10.2. The molecule has 0 atom stereocenters. The molecule has 0 saturated carbocycles. The Kier molecular flexibility index (Phi) is 7.59. The van der Waals surface area contributed by atoms with Crippen molar-refractivity contribution in [3.63, 3.8) is 0 Å². The number of ether oxygens (including phenoxy) is 1. The average molecular weight is 483 g/mol. The van der Waals surface area contributed by atoms with Crippen LogP contribution in [0.15, 0.2) is 52.0 Å². The van der Waals surface area contributed by atoms with Crippen LogP contribution >= 0.6 is 15.9 Å². The maximum atomic E-state index is 12.2. The van der Waals surface area contributed by atoms with Crippen molar-refractivity contribution in [3.05, 3.63) is 52.6 Å². The first-order valence-corrected chi connectivity index (χ1v) is 11.5. The number of nitrogens with one attached hydrogen (secondary N) is 2. The first kappa shape index (κ1) is 21.7. The maximum Gasteiger partial charge on any atom is 0.240 e. The minimum absolute atomic E-state index is 0.0262. The first-order valence-electron chi connectivity index (χ1n) is 9.23. The molecule has 1 amide bonds. The summed E-state index contributed by atoms with van der Waals surface area (Å²) in [6.45, 7) is 3.40. The number of carbonyl (C=O) groups is 1. The lowest BCUT2D eigenvalue weighted by Crippen LogP contribution is -2.36. The monoisotopic (exact) mass is 482 g/mol. The Hall–Kier alpha value is -2.01. The Morgan fingerprint density at radius 3 is 2.52 bits per heavy atom. The number of nitrogens with zero attached hydrogens (tertiary/aromatic N) is 2. The summed E-state index contributed by atoms with van der Waals surface area (Å²) in [5, 5.41) is 2.78. The Balaban J connectivity index is 1.41. The topological polar surface area (TPSA) is 101 Å². The van der Waals surface area contributed by atoms with Gasteiger partial charge in [-0.3, -0.25) is 4.79 Å². The Morgan fingerprint density at radius 1 is 1.14 bits per heavy atom. The van der Waals surface area contributed by atoms with Gasteiger partial charge in [-0.1, -0.05) is 22.0 Å². The van der Waals surface area contributed by atoms with Gasteiger partial charge in [0.25, 0.3) is 0 Å². The van der Waals surface area contributed by atoms with Gasteiger partial charge in [-0.2, -0.15) is 0 Å². The van der Waals surface area contributed by atoms with Crippen LogP contribution in [0.1, 0.15) is 12.0 Å². The van der Waals surface area contributed by atoms with Crippen molar-refractivity contribution in [3.8, 4) is 0 Å². The molecule has 2 N–H and O–H groups in total. The number of amides is 1. The highest BCUT2D eigenvalue weighted by atomic mass is 79.9. The van der Waals surface area contributed by atoms with Crippen LogP contribution in [0.3, 0.4) is 0 Å². The SMILES string of the molecule is O=C(CCNS(=O)(=O)c1ccc(Br)cc1)NCc1ccc(N2CCOCC2)nc1. The second-order valence-corrected chi connectivity index (χ2v) is 9.19. The van der Waals surface area contributed by atoms with Gasteiger partial charge in [0.1, 0.15) is 5.82 Å². The van der Waals surface area contributed by atoms with E-state index in [-0.39, 0.29) is 23.8 Å². The molecule has 2 heterocycles. The van der Waals surface area contributed by atoms with Crippen molar-refractivity contribution in [1.82, 2.24) is 15.0 Å². The van der Waals surface area contributed by atoms with Crippen molar-refractivity contribution >= 4 is 37.7 Å². The average Bonchev–Trinajstić information content (AvgIpc) is 2.73. The molecule has 3 rings (SSSR count). The van der Waals surface area contributed by atoms with Crippen LogP contribution in [0.2, 0.25) is 0 Å². The van der Waals surface area contributed by atoms with Gasteiger partial charge < -0.3 is 15.0 Å². The van der Waals surface area contributed by atoms with Crippen LogP contribution in [0.5, 0.6) is 0 Å². The number of aromatic nitrogens is 1. The van der Waals surface area contributed by atoms with Gasteiger partial charge in [-0.05, 0) is 35.9 Å². The smallest absolute Gasteiger partial charge is 0.240 e. The molecule has 1 aromatic heterocycles. The second-order valence-electron chi connectivity index (χ2n) is 6.50. The molecule has 0 aliphatic carbocycles. The quantitative estimate of drug-likeness (QED) is 0.593. The third kappa shape index (κ3) is 6.49. The van der Waals surface area contributed by atoms with Crippen LogP contribution in [-0.2, 0) is 26.1 Å². The normalized spacial score (nSPS) is 14.6. The third-order valence-electron chi connectivity index (χ3n) is 4.40. The number of halogens is 1. The number of hydrogen-bond acceptors (Lipinski definition) is 6. The van der Waals surface area contributed by atoms with Gasteiger partial charge in [0, 0.05) is 43.3 Å². The molecular weight excluding hydrogens is 460 g/mol. The number of morpholine rings is 1. The number of rotatable bonds is 8. The summed E-state index contributed by atoms with van der Waals surface area (Å²) in [6.07, 6.45) is 1.79.